The predicted molar refractivity (Wildman–Crippen MR) is 141 cm³/mol. The van der Waals surface area contributed by atoms with Crippen molar-refractivity contribution in [2.75, 3.05) is 26.7 Å². The fraction of sp³-hybridized carbons (Fsp3) is 0.464. The molecule has 2 N–H and O–H groups in total. The molecule has 0 bridgehead atoms. The number of carbonyl (C=O) groups is 1. The van der Waals surface area contributed by atoms with Gasteiger partial charge in [0.25, 0.3) is 5.91 Å². The maximum absolute atomic E-state index is 13.3. The van der Waals surface area contributed by atoms with Crippen LogP contribution in [0.25, 0.3) is 33.6 Å². The second-order valence-corrected chi connectivity index (χ2v) is 10.4. The van der Waals surface area contributed by atoms with Crippen molar-refractivity contribution in [3.63, 3.8) is 0 Å². The second kappa shape index (κ2) is 9.24. The zero-order valence-corrected chi connectivity index (χ0v) is 21.1. The number of benzene rings is 1. The molecule has 2 aliphatic rings. The number of pyridine rings is 1. The number of rotatable bonds is 7. The summed E-state index contributed by atoms with van der Waals surface area (Å²) in [5.41, 5.74) is 10.3. The Morgan fingerprint density at radius 1 is 1.06 bits per heavy atom. The number of likely N-dealkylation sites (tertiary alicyclic amines) is 1. The van der Waals surface area contributed by atoms with Crippen LogP contribution in [0.5, 0.6) is 5.88 Å². The molecule has 4 aromatic rings. The van der Waals surface area contributed by atoms with E-state index in [1.54, 1.807) is 7.11 Å². The van der Waals surface area contributed by atoms with Crippen LogP contribution in [0.2, 0.25) is 0 Å². The first-order valence-electron chi connectivity index (χ1n) is 13.1. The van der Waals surface area contributed by atoms with Crippen LogP contribution in [0, 0.1) is 11.8 Å². The molecule has 188 valence electrons. The van der Waals surface area contributed by atoms with Crippen LogP contribution in [0.1, 0.15) is 42.5 Å². The highest BCUT2D eigenvalue weighted by Gasteiger charge is 2.27. The first kappa shape index (κ1) is 23.0. The number of nitrogens with zero attached hydrogens (tertiary/aromatic N) is 5. The molecule has 4 heterocycles. The molecule has 8 nitrogen and oxygen atoms in total. The maximum atomic E-state index is 13.3. The van der Waals surface area contributed by atoms with Gasteiger partial charge in [0, 0.05) is 43.7 Å². The molecule has 36 heavy (non-hydrogen) atoms. The number of hydrogen-bond acceptors (Lipinski definition) is 5. The Bertz CT molecular complexity index is 1430. The minimum Gasteiger partial charge on any atom is -0.481 e. The highest BCUT2D eigenvalue weighted by molar-refractivity contribution is 5.98. The molecule has 3 aromatic heterocycles. The van der Waals surface area contributed by atoms with Gasteiger partial charge < -0.3 is 24.5 Å². The van der Waals surface area contributed by atoms with Crippen LogP contribution in [-0.2, 0) is 13.6 Å². The SMILES string of the molecule is COc1ccc2cc(-c3nc4cc(C(=O)N5CCC(CCN)CC5)ccc4n3C)n(CC3CC3)c2n1. The van der Waals surface area contributed by atoms with Crippen LogP contribution in [0.3, 0.4) is 0 Å². The Balaban J connectivity index is 1.35. The van der Waals surface area contributed by atoms with Crippen molar-refractivity contribution in [1.82, 2.24) is 24.0 Å². The van der Waals surface area contributed by atoms with E-state index in [-0.39, 0.29) is 5.91 Å². The first-order chi connectivity index (χ1) is 17.6. The van der Waals surface area contributed by atoms with Gasteiger partial charge in [0.05, 0.1) is 23.8 Å². The van der Waals surface area contributed by atoms with Gasteiger partial charge in [0.2, 0.25) is 5.88 Å². The Morgan fingerprint density at radius 3 is 2.58 bits per heavy atom. The van der Waals surface area contributed by atoms with E-state index in [2.05, 4.69) is 21.3 Å². The number of carbonyl (C=O) groups excluding carboxylic acids is 1. The molecule has 0 spiro atoms. The van der Waals surface area contributed by atoms with Gasteiger partial charge in [-0.15, -0.1) is 0 Å². The van der Waals surface area contributed by atoms with E-state index in [4.69, 9.17) is 20.4 Å². The zero-order valence-electron chi connectivity index (χ0n) is 21.1. The predicted octanol–water partition coefficient (Wildman–Crippen LogP) is 4.21. The third-order valence-electron chi connectivity index (χ3n) is 7.90. The lowest BCUT2D eigenvalue weighted by Gasteiger charge is -2.32. The van der Waals surface area contributed by atoms with E-state index in [1.165, 1.54) is 12.8 Å². The normalized spacial score (nSPS) is 16.8. The Morgan fingerprint density at radius 2 is 1.86 bits per heavy atom. The number of nitrogens with two attached hydrogens (primary N) is 1. The standard InChI is InChI=1S/C28H34N6O2/c1-32-23-7-5-21(28(35)33-13-10-18(9-12-29)11-14-33)15-22(23)30-27(32)24-16-20-6-8-25(36-2)31-26(20)34(24)17-19-3-4-19/h5-8,15-16,18-19H,3-4,9-14,17,29H2,1-2H3. The van der Waals surface area contributed by atoms with Gasteiger partial charge in [0.15, 0.2) is 5.82 Å². The highest BCUT2D eigenvalue weighted by atomic mass is 16.5. The van der Waals surface area contributed by atoms with Crippen LogP contribution in [0.15, 0.2) is 36.4 Å². The number of hydrogen-bond donors (Lipinski definition) is 1. The number of ether oxygens (including phenoxy) is 1. The molecule has 2 fully saturated rings. The van der Waals surface area contributed by atoms with Crippen LogP contribution < -0.4 is 10.5 Å². The zero-order chi connectivity index (χ0) is 24.8. The summed E-state index contributed by atoms with van der Waals surface area (Å²) in [6.45, 7) is 3.24. The van der Waals surface area contributed by atoms with E-state index < -0.39 is 0 Å². The molecule has 6 rings (SSSR count). The van der Waals surface area contributed by atoms with E-state index >= 15 is 0 Å². The van der Waals surface area contributed by atoms with Crippen LogP contribution in [-0.4, -0.2) is 56.7 Å². The van der Waals surface area contributed by atoms with E-state index in [1.807, 2.05) is 36.2 Å². The molecule has 0 atom stereocenters. The van der Waals surface area contributed by atoms with Gasteiger partial charge in [-0.3, -0.25) is 4.79 Å². The molecule has 1 saturated heterocycles. The number of methoxy groups -OCH3 is 1. The molecule has 1 aromatic carbocycles. The second-order valence-electron chi connectivity index (χ2n) is 10.4. The lowest BCUT2D eigenvalue weighted by atomic mass is 9.93. The highest BCUT2D eigenvalue weighted by Crippen LogP contribution is 2.36. The number of fused-ring (bicyclic) bond motifs is 2. The summed E-state index contributed by atoms with van der Waals surface area (Å²) in [5.74, 6) is 2.91. The quantitative estimate of drug-likeness (QED) is 0.423. The number of amides is 1. The Kier molecular flexibility index (Phi) is 5.91. The van der Waals surface area contributed by atoms with E-state index in [9.17, 15) is 4.79 Å². The van der Waals surface area contributed by atoms with Gasteiger partial charge in [0.1, 0.15) is 5.65 Å². The maximum Gasteiger partial charge on any atom is 0.253 e. The van der Waals surface area contributed by atoms with E-state index in [0.29, 0.717) is 23.3 Å². The molecule has 1 saturated carbocycles. The number of aryl methyl sites for hydroxylation is 1. The molecule has 1 aliphatic carbocycles. The van der Waals surface area contributed by atoms with Crippen molar-refractivity contribution >= 4 is 28.0 Å². The Hall–Kier alpha value is -3.39. The van der Waals surface area contributed by atoms with Crippen molar-refractivity contribution < 1.29 is 9.53 Å². The Labute approximate surface area is 211 Å². The van der Waals surface area contributed by atoms with Gasteiger partial charge >= 0.3 is 0 Å². The first-order valence-corrected chi connectivity index (χ1v) is 13.1. The topological polar surface area (TPSA) is 91.2 Å². The van der Waals surface area contributed by atoms with Gasteiger partial charge in [-0.25, -0.2) is 4.98 Å². The summed E-state index contributed by atoms with van der Waals surface area (Å²) in [5, 5.41) is 1.08. The fourth-order valence-corrected chi connectivity index (χ4v) is 5.56. The van der Waals surface area contributed by atoms with Crippen LogP contribution in [0.4, 0.5) is 0 Å². The minimum atomic E-state index is 0.0921. The minimum absolute atomic E-state index is 0.0921. The largest absolute Gasteiger partial charge is 0.481 e. The molecule has 0 radical (unpaired) electrons. The molecule has 8 heteroatoms. The number of aromatic nitrogens is 4. The van der Waals surface area contributed by atoms with Crippen molar-refractivity contribution in [3.8, 4) is 17.4 Å². The lowest BCUT2D eigenvalue weighted by Crippen LogP contribution is -2.38. The monoisotopic (exact) mass is 486 g/mol. The number of imidazole rings is 1. The van der Waals surface area contributed by atoms with Crippen molar-refractivity contribution in [3.05, 3.63) is 42.0 Å². The molecular formula is C28H34N6O2. The van der Waals surface area contributed by atoms with Crippen LogP contribution >= 0.6 is 0 Å². The summed E-state index contributed by atoms with van der Waals surface area (Å²) < 4.78 is 9.81. The molecule has 1 aliphatic heterocycles. The average Bonchev–Trinajstić information content (AvgIpc) is 3.58. The summed E-state index contributed by atoms with van der Waals surface area (Å²) in [6.07, 6.45) is 5.61. The summed E-state index contributed by atoms with van der Waals surface area (Å²) in [7, 11) is 3.69. The summed E-state index contributed by atoms with van der Waals surface area (Å²) in [4.78, 5) is 25.0. The third-order valence-corrected chi connectivity index (χ3v) is 7.90. The average molecular weight is 487 g/mol. The summed E-state index contributed by atoms with van der Waals surface area (Å²) >= 11 is 0. The van der Waals surface area contributed by atoms with Crippen molar-refractivity contribution in [1.29, 1.82) is 0 Å². The van der Waals surface area contributed by atoms with Crippen molar-refractivity contribution in [2.45, 2.75) is 38.6 Å². The van der Waals surface area contributed by atoms with Crippen molar-refractivity contribution in [2.24, 2.45) is 24.6 Å². The molecule has 0 unspecified atom stereocenters. The summed E-state index contributed by atoms with van der Waals surface area (Å²) in [6, 6.07) is 12.0. The molecular weight excluding hydrogens is 452 g/mol. The third kappa shape index (κ3) is 4.13. The fourth-order valence-electron chi connectivity index (χ4n) is 5.56. The smallest absolute Gasteiger partial charge is 0.253 e. The lowest BCUT2D eigenvalue weighted by molar-refractivity contribution is 0.0688. The molecule has 1 amide bonds. The van der Waals surface area contributed by atoms with Gasteiger partial charge in [-0.1, -0.05) is 0 Å². The van der Waals surface area contributed by atoms with Gasteiger partial charge in [-0.05, 0) is 80.8 Å². The van der Waals surface area contributed by atoms with E-state index in [0.717, 1.165) is 79.0 Å². The number of piperidine rings is 1. The van der Waals surface area contributed by atoms with Gasteiger partial charge in [-0.2, -0.15) is 4.98 Å².